The lowest BCUT2D eigenvalue weighted by atomic mass is 10.0. The topological polar surface area (TPSA) is 53.7 Å². The molecule has 156 valence electrons. The highest BCUT2D eigenvalue weighted by Crippen LogP contribution is 2.40. The van der Waals surface area contributed by atoms with Gasteiger partial charge >= 0.3 is 6.18 Å². The number of likely N-dealkylation sites (tertiary alicyclic amines) is 1. The van der Waals surface area contributed by atoms with Crippen LogP contribution in [0.5, 0.6) is 0 Å². The van der Waals surface area contributed by atoms with Crippen LogP contribution in [0.15, 0.2) is 42.6 Å². The second-order valence-electron chi connectivity index (χ2n) is 7.75. The zero-order valence-electron chi connectivity index (χ0n) is 15.7. The molecular weight excluding hydrogens is 402 g/mol. The number of fused-ring (bicyclic) bond motifs is 2. The van der Waals surface area contributed by atoms with E-state index in [1.807, 2.05) is 0 Å². The number of halogens is 4. The summed E-state index contributed by atoms with van der Waals surface area (Å²) in [6.07, 6.45) is -3.25. The van der Waals surface area contributed by atoms with Gasteiger partial charge in [0.05, 0.1) is 5.56 Å². The van der Waals surface area contributed by atoms with Crippen LogP contribution in [0.1, 0.15) is 16.2 Å². The summed E-state index contributed by atoms with van der Waals surface area (Å²) in [6.45, 7) is 1.71. The molecule has 5 rings (SSSR count). The predicted octanol–water partition coefficient (Wildman–Crippen LogP) is 3.10. The summed E-state index contributed by atoms with van der Waals surface area (Å²) < 4.78 is 54.9. The van der Waals surface area contributed by atoms with E-state index >= 15 is 0 Å². The van der Waals surface area contributed by atoms with Crippen molar-refractivity contribution in [1.29, 1.82) is 0 Å². The molecule has 0 bridgehead atoms. The summed E-state index contributed by atoms with van der Waals surface area (Å²) in [5.41, 5.74) is -0.0971. The fourth-order valence-electron chi connectivity index (χ4n) is 4.50. The summed E-state index contributed by atoms with van der Waals surface area (Å²) in [5, 5.41) is 7.79. The fourth-order valence-corrected chi connectivity index (χ4v) is 4.50. The molecule has 10 heteroatoms. The Labute approximate surface area is 168 Å². The van der Waals surface area contributed by atoms with Crippen molar-refractivity contribution in [3.05, 3.63) is 59.8 Å². The number of anilines is 1. The molecule has 2 aliphatic rings. The predicted molar refractivity (Wildman–Crippen MR) is 99.5 cm³/mol. The number of carbonyl (C=O) groups is 1. The second-order valence-corrected chi connectivity index (χ2v) is 7.75. The van der Waals surface area contributed by atoms with E-state index in [0.717, 1.165) is 12.3 Å². The minimum Gasteiger partial charge on any atom is -0.370 e. The Hall–Kier alpha value is -3.17. The van der Waals surface area contributed by atoms with Crippen LogP contribution >= 0.6 is 0 Å². The first-order valence-corrected chi connectivity index (χ1v) is 9.52. The maximum Gasteiger partial charge on any atom is 0.418 e. The van der Waals surface area contributed by atoms with E-state index in [1.165, 1.54) is 28.7 Å². The lowest BCUT2D eigenvalue weighted by Gasteiger charge is -2.25. The quantitative estimate of drug-likeness (QED) is 0.599. The van der Waals surface area contributed by atoms with Crippen LogP contribution in [0.25, 0.3) is 5.65 Å². The summed E-state index contributed by atoms with van der Waals surface area (Å²) in [5.74, 6) is -0.709. The molecule has 2 aromatic heterocycles. The zero-order valence-corrected chi connectivity index (χ0v) is 15.7. The molecule has 0 saturated carbocycles. The van der Waals surface area contributed by atoms with Gasteiger partial charge in [-0.05, 0) is 24.3 Å². The summed E-state index contributed by atoms with van der Waals surface area (Å²) in [7, 11) is 0. The van der Waals surface area contributed by atoms with Crippen molar-refractivity contribution >= 4 is 17.2 Å². The maximum atomic E-state index is 13.6. The largest absolute Gasteiger partial charge is 0.418 e. The molecule has 2 atom stereocenters. The lowest BCUT2D eigenvalue weighted by molar-refractivity contribution is -0.137. The molecule has 0 unspecified atom stereocenters. The van der Waals surface area contributed by atoms with Crippen molar-refractivity contribution in [2.75, 3.05) is 31.1 Å². The minimum atomic E-state index is -4.42. The maximum absolute atomic E-state index is 13.6. The van der Waals surface area contributed by atoms with Gasteiger partial charge in [0, 0.05) is 49.9 Å². The molecule has 3 aromatic rings. The number of aromatic nitrogens is 3. The number of pyridine rings is 1. The Morgan fingerprint density at radius 2 is 1.67 bits per heavy atom. The fraction of sp³-hybridized carbons (Fsp3) is 0.350. The third-order valence-corrected chi connectivity index (χ3v) is 5.88. The van der Waals surface area contributed by atoms with Crippen molar-refractivity contribution in [2.24, 2.45) is 11.8 Å². The number of hydrogen-bond acceptors (Lipinski definition) is 4. The number of carbonyl (C=O) groups excluding carboxylic acids is 1. The van der Waals surface area contributed by atoms with E-state index in [1.54, 1.807) is 15.9 Å². The third-order valence-electron chi connectivity index (χ3n) is 5.88. The number of benzene rings is 1. The molecule has 0 aliphatic carbocycles. The van der Waals surface area contributed by atoms with Crippen LogP contribution in [0.2, 0.25) is 0 Å². The van der Waals surface area contributed by atoms with Gasteiger partial charge < -0.3 is 9.80 Å². The number of nitrogens with zero attached hydrogens (tertiary/aromatic N) is 5. The highest BCUT2D eigenvalue weighted by molar-refractivity contribution is 5.91. The molecule has 4 heterocycles. The monoisotopic (exact) mass is 419 g/mol. The average Bonchev–Trinajstić information content (AvgIpc) is 3.39. The first-order chi connectivity index (χ1) is 14.3. The third kappa shape index (κ3) is 3.06. The standard InChI is InChI=1S/C20H17F4N5O/c21-14-5-6-17-25-26-18(29(17)11-14)19(30)28-9-12-7-27(8-13(12)10-28)16-4-2-1-3-15(16)20(22,23)24/h1-6,11-13H,7-10H2/t12-,13+. The first kappa shape index (κ1) is 18.8. The molecule has 1 aromatic carbocycles. The molecule has 0 N–H and O–H groups in total. The van der Waals surface area contributed by atoms with Crippen LogP contribution in [0, 0.1) is 17.7 Å². The number of rotatable bonds is 2. The molecule has 1 amide bonds. The van der Waals surface area contributed by atoms with Crippen molar-refractivity contribution < 1.29 is 22.4 Å². The van der Waals surface area contributed by atoms with Gasteiger partial charge in [0.1, 0.15) is 5.82 Å². The molecular formula is C20H17F4N5O. The van der Waals surface area contributed by atoms with Gasteiger partial charge in [-0.25, -0.2) is 4.39 Å². The van der Waals surface area contributed by atoms with Gasteiger partial charge in [0.15, 0.2) is 5.65 Å². The van der Waals surface area contributed by atoms with Crippen molar-refractivity contribution in [3.8, 4) is 0 Å². The molecule has 2 saturated heterocycles. The number of hydrogen-bond donors (Lipinski definition) is 0. The Balaban J connectivity index is 1.33. The van der Waals surface area contributed by atoms with Crippen molar-refractivity contribution in [2.45, 2.75) is 6.18 Å². The Bertz CT molecular complexity index is 1110. The number of alkyl halides is 3. The van der Waals surface area contributed by atoms with Crippen molar-refractivity contribution in [3.63, 3.8) is 0 Å². The Morgan fingerprint density at radius 3 is 2.37 bits per heavy atom. The molecule has 2 aliphatic heterocycles. The SMILES string of the molecule is O=C(c1nnc2ccc(F)cn12)N1C[C@@H]2CN(c3ccccc3C(F)(F)F)C[C@@H]2C1. The van der Waals surface area contributed by atoms with Gasteiger partial charge in [-0.1, -0.05) is 12.1 Å². The minimum absolute atomic E-state index is 0.0312. The molecule has 2 fully saturated rings. The van der Waals surface area contributed by atoms with Gasteiger partial charge in [-0.15, -0.1) is 10.2 Å². The molecule has 6 nitrogen and oxygen atoms in total. The van der Waals surface area contributed by atoms with Crippen LogP contribution in [-0.4, -0.2) is 51.6 Å². The van der Waals surface area contributed by atoms with Crippen LogP contribution in [0.3, 0.4) is 0 Å². The van der Waals surface area contributed by atoms with Crippen LogP contribution < -0.4 is 4.90 Å². The normalized spacial score (nSPS) is 21.5. The Morgan fingerprint density at radius 1 is 0.967 bits per heavy atom. The van der Waals surface area contributed by atoms with Gasteiger partial charge in [-0.3, -0.25) is 9.20 Å². The summed E-state index contributed by atoms with van der Waals surface area (Å²) in [4.78, 5) is 16.3. The molecule has 0 radical (unpaired) electrons. The second kappa shape index (κ2) is 6.68. The highest BCUT2D eigenvalue weighted by Gasteiger charge is 2.44. The number of para-hydroxylation sites is 1. The number of amides is 1. The van der Waals surface area contributed by atoms with Crippen LogP contribution in [-0.2, 0) is 6.18 Å². The summed E-state index contributed by atoms with van der Waals surface area (Å²) in [6, 6.07) is 8.25. The van der Waals surface area contributed by atoms with E-state index in [2.05, 4.69) is 10.2 Å². The van der Waals surface area contributed by atoms with E-state index in [9.17, 15) is 22.4 Å². The Kier molecular flexibility index (Phi) is 4.19. The molecule has 30 heavy (non-hydrogen) atoms. The first-order valence-electron chi connectivity index (χ1n) is 9.52. The zero-order chi connectivity index (χ0) is 21.0. The van der Waals surface area contributed by atoms with Gasteiger partial charge in [0.25, 0.3) is 5.91 Å². The van der Waals surface area contributed by atoms with E-state index < -0.39 is 17.6 Å². The van der Waals surface area contributed by atoms with E-state index in [4.69, 9.17) is 0 Å². The average molecular weight is 419 g/mol. The lowest BCUT2D eigenvalue weighted by Crippen LogP contribution is -2.34. The van der Waals surface area contributed by atoms with Crippen LogP contribution in [0.4, 0.5) is 23.2 Å². The van der Waals surface area contributed by atoms with Crippen molar-refractivity contribution in [1.82, 2.24) is 19.5 Å². The smallest absolute Gasteiger partial charge is 0.370 e. The molecule has 0 spiro atoms. The van der Waals surface area contributed by atoms with Gasteiger partial charge in [0.2, 0.25) is 5.82 Å². The summed E-state index contributed by atoms with van der Waals surface area (Å²) >= 11 is 0. The highest BCUT2D eigenvalue weighted by atomic mass is 19.4. The van der Waals surface area contributed by atoms with Gasteiger partial charge in [-0.2, -0.15) is 13.2 Å². The van der Waals surface area contributed by atoms with E-state index in [-0.39, 0.29) is 29.3 Å². The van der Waals surface area contributed by atoms with E-state index in [0.29, 0.717) is 31.8 Å².